The van der Waals surface area contributed by atoms with E-state index in [9.17, 15) is 0 Å². The molecule has 0 aliphatic carbocycles. The van der Waals surface area contributed by atoms with Gasteiger partial charge >= 0.3 is 0 Å². The second-order valence-electron chi connectivity index (χ2n) is 5.00. The number of halogens is 2. The van der Waals surface area contributed by atoms with Crippen LogP contribution >= 0.6 is 55.0 Å². The van der Waals surface area contributed by atoms with E-state index in [-0.39, 0.29) is 6.04 Å². The van der Waals surface area contributed by atoms with Crippen LogP contribution in [0.5, 0.6) is 0 Å². The molecule has 5 heteroatoms. The summed E-state index contributed by atoms with van der Waals surface area (Å²) in [5.74, 6) is 2.37. The number of hydrogen-bond donors (Lipinski definition) is 1. The molecule has 1 aromatic heterocycles. The number of benzene rings is 1. The zero-order valence-corrected chi connectivity index (χ0v) is 15.9. The molecule has 0 fully saturated rings. The SMILES string of the molecule is Cc1cc(Br)c(C(N)c2cc3c(s2)CCSC3)cc1Br. The Labute approximate surface area is 144 Å². The predicted molar refractivity (Wildman–Crippen MR) is 96.8 cm³/mol. The van der Waals surface area contributed by atoms with Gasteiger partial charge in [-0.3, -0.25) is 0 Å². The van der Waals surface area contributed by atoms with Gasteiger partial charge in [-0.15, -0.1) is 11.3 Å². The number of thioether (sulfide) groups is 1. The molecule has 2 aromatic rings. The summed E-state index contributed by atoms with van der Waals surface area (Å²) in [6.45, 7) is 2.09. The number of rotatable bonds is 2. The third-order valence-electron chi connectivity index (χ3n) is 3.57. The monoisotopic (exact) mass is 431 g/mol. The van der Waals surface area contributed by atoms with E-state index in [0.717, 1.165) is 20.3 Å². The molecule has 0 amide bonds. The fraction of sp³-hybridized carbons (Fsp3) is 0.333. The van der Waals surface area contributed by atoms with E-state index in [1.807, 2.05) is 23.1 Å². The third kappa shape index (κ3) is 2.88. The molecule has 20 heavy (non-hydrogen) atoms. The molecule has 0 bridgehead atoms. The van der Waals surface area contributed by atoms with Gasteiger partial charge in [-0.2, -0.15) is 11.8 Å². The summed E-state index contributed by atoms with van der Waals surface area (Å²) in [4.78, 5) is 2.80. The Bertz CT molecular complexity index is 628. The summed E-state index contributed by atoms with van der Waals surface area (Å²) in [7, 11) is 0. The van der Waals surface area contributed by atoms with Crippen LogP contribution in [0.1, 0.15) is 32.5 Å². The van der Waals surface area contributed by atoms with Crippen LogP contribution in [0.15, 0.2) is 27.1 Å². The number of nitrogens with two attached hydrogens (primary N) is 1. The van der Waals surface area contributed by atoms with Crippen LogP contribution in [0.2, 0.25) is 0 Å². The largest absolute Gasteiger partial charge is 0.320 e. The summed E-state index contributed by atoms with van der Waals surface area (Å²) in [5.41, 5.74) is 10.4. The highest BCUT2D eigenvalue weighted by Gasteiger charge is 2.20. The molecule has 0 saturated carbocycles. The number of hydrogen-bond acceptors (Lipinski definition) is 3. The lowest BCUT2D eigenvalue weighted by Crippen LogP contribution is -2.11. The first-order valence-electron chi connectivity index (χ1n) is 6.46. The van der Waals surface area contributed by atoms with Crippen molar-refractivity contribution in [3.63, 3.8) is 0 Å². The maximum Gasteiger partial charge on any atom is 0.0657 e. The van der Waals surface area contributed by atoms with Crippen LogP contribution in [0.25, 0.3) is 0 Å². The Morgan fingerprint density at radius 1 is 1.20 bits per heavy atom. The van der Waals surface area contributed by atoms with Crippen LogP contribution < -0.4 is 5.73 Å². The molecular formula is C15H15Br2NS2. The van der Waals surface area contributed by atoms with Gasteiger partial charge in [0.25, 0.3) is 0 Å². The molecular weight excluding hydrogens is 418 g/mol. The molecule has 3 rings (SSSR count). The first kappa shape index (κ1) is 15.1. The van der Waals surface area contributed by atoms with Crippen molar-refractivity contribution in [2.45, 2.75) is 25.1 Å². The summed E-state index contributed by atoms with van der Waals surface area (Å²) >= 11 is 11.2. The van der Waals surface area contributed by atoms with Crippen molar-refractivity contribution in [1.29, 1.82) is 0 Å². The minimum atomic E-state index is -0.0538. The van der Waals surface area contributed by atoms with Crippen LogP contribution in [-0.4, -0.2) is 5.75 Å². The fourth-order valence-corrected chi connectivity index (χ4v) is 5.84. The smallest absolute Gasteiger partial charge is 0.0657 e. The minimum Gasteiger partial charge on any atom is -0.320 e. The topological polar surface area (TPSA) is 26.0 Å². The molecule has 2 N–H and O–H groups in total. The lowest BCUT2D eigenvalue weighted by atomic mass is 10.0. The van der Waals surface area contributed by atoms with Gasteiger partial charge in [0, 0.05) is 24.5 Å². The minimum absolute atomic E-state index is 0.0538. The van der Waals surface area contributed by atoms with Gasteiger partial charge in [-0.05, 0) is 54.0 Å². The van der Waals surface area contributed by atoms with E-state index < -0.39 is 0 Å². The van der Waals surface area contributed by atoms with E-state index >= 15 is 0 Å². The molecule has 1 atom stereocenters. The van der Waals surface area contributed by atoms with Crippen molar-refractivity contribution in [3.8, 4) is 0 Å². The van der Waals surface area contributed by atoms with E-state index in [4.69, 9.17) is 5.73 Å². The van der Waals surface area contributed by atoms with Crippen molar-refractivity contribution in [2.24, 2.45) is 5.73 Å². The quantitative estimate of drug-likeness (QED) is 0.685. The average molecular weight is 433 g/mol. The third-order valence-corrected chi connectivity index (χ3v) is 7.44. The van der Waals surface area contributed by atoms with E-state index in [2.05, 4.69) is 57.0 Å². The summed E-state index contributed by atoms with van der Waals surface area (Å²) in [6, 6.07) is 6.51. The Morgan fingerprint density at radius 3 is 2.75 bits per heavy atom. The number of thiophene rings is 1. The number of fused-ring (bicyclic) bond motifs is 1. The van der Waals surface area contributed by atoms with Gasteiger partial charge in [0.1, 0.15) is 0 Å². The maximum atomic E-state index is 6.50. The molecule has 1 aromatic carbocycles. The summed E-state index contributed by atoms with van der Waals surface area (Å²) in [6.07, 6.45) is 1.19. The average Bonchev–Trinajstić information content (AvgIpc) is 2.86. The van der Waals surface area contributed by atoms with E-state index in [1.165, 1.54) is 33.1 Å². The zero-order valence-electron chi connectivity index (χ0n) is 11.1. The molecule has 0 saturated heterocycles. The van der Waals surface area contributed by atoms with Crippen LogP contribution in [0.3, 0.4) is 0 Å². The first-order chi connectivity index (χ1) is 9.56. The van der Waals surface area contributed by atoms with Gasteiger partial charge in [0.15, 0.2) is 0 Å². The molecule has 1 unspecified atom stereocenters. The van der Waals surface area contributed by atoms with Crippen LogP contribution in [-0.2, 0) is 12.2 Å². The van der Waals surface area contributed by atoms with Gasteiger partial charge in [0.05, 0.1) is 6.04 Å². The number of aryl methyl sites for hydroxylation is 2. The first-order valence-corrected chi connectivity index (χ1v) is 10.0. The fourth-order valence-electron chi connectivity index (χ4n) is 2.38. The highest BCUT2D eigenvalue weighted by Crippen LogP contribution is 2.38. The zero-order chi connectivity index (χ0) is 14.3. The molecule has 1 aliphatic heterocycles. The van der Waals surface area contributed by atoms with Crippen molar-refractivity contribution in [3.05, 3.63) is 53.6 Å². The lowest BCUT2D eigenvalue weighted by Gasteiger charge is -2.14. The second-order valence-corrected chi connectivity index (χ2v) is 8.98. The van der Waals surface area contributed by atoms with Crippen molar-refractivity contribution >= 4 is 55.0 Å². The van der Waals surface area contributed by atoms with Gasteiger partial charge in [-0.1, -0.05) is 31.9 Å². The van der Waals surface area contributed by atoms with Crippen molar-refractivity contribution in [1.82, 2.24) is 0 Å². The lowest BCUT2D eigenvalue weighted by molar-refractivity contribution is 0.884. The summed E-state index contributed by atoms with van der Waals surface area (Å²) < 4.78 is 2.20. The van der Waals surface area contributed by atoms with Crippen molar-refractivity contribution in [2.75, 3.05) is 5.75 Å². The summed E-state index contributed by atoms with van der Waals surface area (Å²) in [5, 5.41) is 0. The van der Waals surface area contributed by atoms with E-state index in [1.54, 1.807) is 0 Å². The van der Waals surface area contributed by atoms with E-state index in [0.29, 0.717) is 0 Å². The molecule has 1 aliphatic rings. The highest BCUT2D eigenvalue weighted by molar-refractivity contribution is 9.11. The molecule has 2 heterocycles. The molecule has 106 valence electrons. The molecule has 0 spiro atoms. The standard InChI is InChI=1S/C15H15Br2NS2/c1-8-4-12(17)10(6-11(8)16)15(18)14-5-9-7-19-3-2-13(9)20-14/h4-6,15H,2-3,7,18H2,1H3. The molecule has 0 radical (unpaired) electrons. The Kier molecular flexibility index (Phi) is 4.63. The van der Waals surface area contributed by atoms with Crippen LogP contribution in [0.4, 0.5) is 0 Å². The Balaban J connectivity index is 1.98. The maximum absolute atomic E-state index is 6.50. The second kappa shape index (κ2) is 6.13. The normalized spacial score (nSPS) is 16.0. The van der Waals surface area contributed by atoms with Gasteiger partial charge in [0.2, 0.25) is 0 Å². The Morgan fingerprint density at radius 2 is 2.00 bits per heavy atom. The molecule has 1 nitrogen and oxygen atoms in total. The van der Waals surface area contributed by atoms with Gasteiger partial charge in [-0.25, -0.2) is 0 Å². The Hall–Kier alpha value is 0.190. The van der Waals surface area contributed by atoms with Crippen molar-refractivity contribution < 1.29 is 0 Å². The van der Waals surface area contributed by atoms with Crippen LogP contribution in [0, 0.1) is 6.92 Å². The van der Waals surface area contributed by atoms with Gasteiger partial charge < -0.3 is 5.73 Å². The predicted octanol–water partition coefficient (Wildman–Crippen LogP) is 5.42. The highest BCUT2D eigenvalue weighted by atomic mass is 79.9.